The molecular formula is C17H17BrFNO. The summed E-state index contributed by atoms with van der Waals surface area (Å²) >= 11 is 3.34. The van der Waals surface area contributed by atoms with E-state index in [4.69, 9.17) is 4.74 Å². The molecule has 21 heavy (non-hydrogen) atoms. The van der Waals surface area contributed by atoms with Crippen LogP contribution in [0.4, 0.5) is 4.39 Å². The molecule has 2 aromatic carbocycles. The number of rotatable bonds is 4. The second kappa shape index (κ2) is 6.16. The first kappa shape index (κ1) is 14.5. The normalized spacial score (nSPS) is 14.6. The average Bonchev–Trinajstić information content (AvgIpc) is 2.91. The van der Waals surface area contributed by atoms with Gasteiger partial charge in [0.25, 0.3) is 0 Å². The fraction of sp³-hybridized carbons (Fsp3) is 0.294. The molecule has 1 aliphatic heterocycles. The van der Waals surface area contributed by atoms with Crippen molar-refractivity contribution in [3.8, 4) is 5.75 Å². The Morgan fingerprint density at radius 1 is 1.29 bits per heavy atom. The maximum atomic E-state index is 13.5. The van der Waals surface area contributed by atoms with E-state index in [1.54, 1.807) is 6.07 Å². The zero-order valence-corrected chi connectivity index (χ0v) is 13.4. The Bertz CT molecular complexity index is 639. The molecule has 0 saturated carbocycles. The molecule has 1 aliphatic rings. The molecule has 1 N–H and O–H groups in total. The Balaban J connectivity index is 1.84. The number of fused-ring (bicyclic) bond motifs is 1. The minimum Gasteiger partial charge on any atom is -0.493 e. The number of hydrogen-bond acceptors (Lipinski definition) is 2. The zero-order valence-electron chi connectivity index (χ0n) is 11.8. The molecule has 0 radical (unpaired) electrons. The lowest BCUT2D eigenvalue weighted by molar-refractivity contribution is 0.356. The standard InChI is InChI=1S/C17H17BrFNO/c1-20-16(8-11-6-14(18)10-15(19)7-11)12-2-3-17-13(9-12)4-5-21-17/h2-3,6-7,9-10,16,20H,4-5,8H2,1H3. The molecular weight excluding hydrogens is 333 g/mol. The van der Waals surface area contributed by atoms with Crippen LogP contribution in [0.25, 0.3) is 0 Å². The first-order chi connectivity index (χ1) is 10.2. The average molecular weight is 350 g/mol. The lowest BCUT2D eigenvalue weighted by atomic mass is 9.97. The highest BCUT2D eigenvalue weighted by Crippen LogP contribution is 2.29. The SMILES string of the molecule is CNC(Cc1cc(F)cc(Br)c1)c1ccc2c(c1)CCO2. The van der Waals surface area contributed by atoms with Gasteiger partial charge in [-0.15, -0.1) is 0 Å². The number of halogens is 2. The van der Waals surface area contributed by atoms with Gasteiger partial charge in [0, 0.05) is 16.9 Å². The predicted octanol–water partition coefficient (Wildman–Crippen LogP) is 4.03. The Hall–Kier alpha value is -1.39. The van der Waals surface area contributed by atoms with Gasteiger partial charge in [0.1, 0.15) is 11.6 Å². The van der Waals surface area contributed by atoms with E-state index < -0.39 is 0 Å². The molecule has 0 fully saturated rings. The van der Waals surface area contributed by atoms with Gasteiger partial charge in [0.05, 0.1) is 6.61 Å². The van der Waals surface area contributed by atoms with Crippen molar-refractivity contribution < 1.29 is 9.13 Å². The number of ether oxygens (including phenoxy) is 1. The van der Waals surface area contributed by atoms with Gasteiger partial charge < -0.3 is 10.1 Å². The summed E-state index contributed by atoms with van der Waals surface area (Å²) in [6, 6.07) is 11.5. The molecule has 0 aromatic heterocycles. The molecule has 3 rings (SSSR count). The lowest BCUT2D eigenvalue weighted by Crippen LogP contribution is -2.19. The van der Waals surface area contributed by atoms with Crippen molar-refractivity contribution in [2.45, 2.75) is 18.9 Å². The molecule has 1 unspecified atom stereocenters. The minimum atomic E-state index is -0.211. The van der Waals surface area contributed by atoms with E-state index in [1.165, 1.54) is 17.2 Å². The van der Waals surface area contributed by atoms with Gasteiger partial charge in [-0.25, -0.2) is 4.39 Å². The van der Waals surface area contributed by atoms with E-state index in [0.717, 1.165) is 35.2 Å². The maximum absolute atomic E-state index is 13.5. The predicted molar refractivity (Wildman–Crippen MR) is 85.2 cm³/mol. The Morgan fingerprint density at radius 2 is 2.14 bits per heavy atom. The van der Waals surface area contributed by atoms with E-state index in [-0.39, 0.29) is 11.9 Å². The molecule has 1 atom stereocenters. The van der Waals surface area contributed by atoms with Crippen LogP contribution in [-0.2, 0) is 12.8 Å². The van der Waals surface area contributed by atoms with E-state index >= 15 is 0 Å². The molecule has 0 spiro atoms. The van der Waals surface area contributed by atoms with Gasteiger partial charge >= 0.3 is 0 Å². The van der Waals surface area contributed by atoms with Crippen molar-refractivity contribution in [3.05, 3.63) is 63.4 Å². The van der Waals surface area contributed by atoms with Crippen molar-refractivity contribution in [2.75, 3.05) is 13.7 Å². The maximum Gasteiger partial charge on any atom is 0.124 e. The quantitative estimate of drug-likeness (QED) is 0.899. The summed E-state index contributed by atoms with van der Waals surface area (Å²) in [5, 5.41) is 3.32. The molecule has 0 aliphatic carbocycles. The summed E-state index contributed by atoms with van der Waals surface area (Å²) in [7, 11) is 1.93. The monoisotopic (exact) mass is 349 g/mol. The molecule has 1 heterocycles. The first-order valence-electron chi connectivity index (χ1n) is 7.03. The first-order valence-corrected chi connectivity index (χ1v) is 7.83. The number of hydrogen-bond donors (Lipinski definition) is 1. The van der Waals surface area contributed by atoms with Crippen LogP contribution in [0.15, 0.2) is 40.9 Å². The third-order valence-electron chi connectivity index (χ3n) is 3.83. The van der Waals surface area contributed by atoms with Crippen molar-refractivity contribution in [2.24, 2.45) is 0 Å². The summed E-state index contributed by atoms with van der Waals surface area (Å²) in [5.41, 5.74) is 3.44. The van der Waals surface area contributed by atoms with Gasteiger partial charge in [-0.2, -0.15) is 0 Å². The Kier molecular flexibility index (Phi) is 4.27. The van der Waals surface area contributed by atoms with Crippen LogP contribution in [-0.4, -0.2) is 13.7 Å². The Labute approximate surface area is 132 Å². The molecule has 0 bridgehead atoms. The van der Waals surface area contributed by atoms with Gasteiger partial charge in [-0.05, 0) is 54.4 Å². The molecule has 0 amide bonds. The van der Waals surface area contributed by atoms with Gasteiger partial charge in [0.2, 0.25) is 0 Å². The van der Waals surface area contributed by atoms with Crippen molar-refractivity contribution in [1.82, 2.24) is 5.32 Å². The third-order valence-corrected chi connectivity index (χ3v) is 4.28. The van der Waals surface area contributed by atoms with Gasteiger partial charge in [-0.3, -0.25) is 0 Å². The molecule has 4 heteroatoms. The smallest absolute Gasteiger partial charge is 0.124 e. The van der Waals surface area contributed by atoms with E-state index in [2.05, 4.69) is 33.4 Å². The number of nitrogens with one attached hydrogen (secondary N) is 1. The van der Waals surface area contributed by atoms with Gasteiger partial charge in [0.15, 0.2) is 0 Å². The number of benzene rings is 2. The zero-order chi connectivity index (χ0) is 14.8. The van der Waals surface area contributed by atoms with Crippen LogP contribution in [0.2, 0.25) is 0 Å². The van der Waals surface area contributed by atoms with E-state index in [0.29, 0.717) is 0 Å². The Morgan fingerprint density at radius 3 is 2.90 bits per heavy atom. The molecule has 0 saturated heterocycles. The topological polar surface area (TPSA) is 21.3 Å². The van der Waals surface area contributed by atoms with Crippen LogP contribution in [0.5, 0.6) is 5.75 Å². The summed E-state index contributed by atoms with van der Waals surface area (Å²) in [6.45, 7) is 0.764. The van der Waals surface area contributed by atoms with Crippen LogP contribution in [0.1, 0.15) is 22.7 Å². The second-order valence-electron chi connectivity index (χ2n) is 5.29. The highest BCUT2D eigenvalue weighted by atomic mass is 79.9. The van der Waals surface area contributed by atoms with Crippen LogP contribution >= 0.6 is 15.9 Å². The summed E-state index contributed by atoms with van der Waals surface area (Å²) in [4.78, 5) is 0. The van der Waals surface area contributed by atoms with E-state index in [1.807, 2.05) is 19.2 Å². The number of likely N-dealkylation sites (N-methyl/N-ethyl adjacent to an activating group) is 1. The van der Waals surface area contributed by atoms with Crippen LogP contribution in [0.3, 0.4) is 0 Å². The summed E-state index contributed by atoms with van der Waals surface area (Å²) in [6.07, 6.45) is 1.71. The van der Waals surface area contributed by atoms with Crippen molar-refractivity contribution >= 4 is 15.9 Å². The highest BCUT2D eigenvalue weighted by molar-refractivity contribution is 9.10. The van der Waals surface area contributed by atoms with Crippen LogP contribution in [0, 0.1) is 5.82 Å². The molecule has 110 valence electrons. The largest absolute Gasteiger partial charge is 0.493 e. The fourth-order valence-corrected chi connectivity index (χ4v) is 3.29. The van der Waals surface area contributed by atoms with Crippen molar-refractivity contribution in [3.63, 3.8) is 0 Å². The molecule has 2 aromatic rings. The van der Waals surface area contributed by atoms with E-state index in [9.17, 15) is 4.39 Å². The van der Waals surface area contributed by atoms with Gasteiger partial charge in [-0.1, -0.05) is 28.1 Å². The second-order valence-corrected chi connectivity index (χ2v) is 6.20. The lowest BCUT2D eigenvalue weighted by Gasteiger charge is -2.18. The highest BCUT2D eigenvalue weighted by Gasteiger charge is 2.16. The molecule has 2 nitrogen and oxygen atoms in total. The van der Waals surface area contributed by atoms with Crippen molar-refractivity contribution in [1.29, 1.82) is 0 Å². The summed E-state index contributed by atoms with van der Waals surface area (Å²) < 4.78 is 19.8. The fourth-order valence-electron chi connectivity index (χ4n) is 2.77. The summed E-state index contributed by atoms with van der Waals surface area (Å²) in [5.74, 6) is 0.777. The minimum absolute atomic E-state index is 0.157. The third kappa shape index (κ3) is 3.27. The van der Waals surface area contributed by atoms with Crippen LogP contribution < -0.4 is 10.1 Å².